The lowest BCUT2D eigenvalue weighted by atomic mass is 10.2. The molecule has 1 N–H and O–H groups in total. The SMILES string of the molecule is CCN(CCCCO)c1ccc(OC)cc1. The highest BCUT2D eigenvalue weighted by Crippen LogP contribution is 2.19. The largest absolute Gasteiger partial charge is 0.497 e. The number of nitrogens with zero attached hydrogens (tertiary/aromatic N) is 1. The average Bonchev–Trinajstić information content (AvgIpc) is 2.35. The maximum absolute atomic E-state index is 8.76. The molecule has 1 aromatic rings. The van der Waals surface area contributed by atoms with Crippen LogP contribution in [-0.4, -0.2) is 31.9 Å². The summed E-state index contributed by atoms with van der Waals surface area (Å²) in [5.41, 5.74) is 1.21. The van der Waals surface area contributed by atoms with Gasteiger partial charge in [-0.15, -0.1) is 0 Å². The smallest absolute Gasteiger partial charge is 0.119 e. The van der Waals surface area contributed by atoms with Crippen LogP contribution in [0.15, 0.2) is 24.3 Å². The van der Waals surface area contributed by atoms with Crippen molar-refractivity contribution in [1.82, 2.24) is 0 Å². The molecule has 0 aliphatic rings. The van der Waals surface area contributed by atoms with E-state index in [1.165, 1.54) is 5.69 Å². The Hall–Kier alpha value is -1.22. The van der Waals surface area contributed by atoms with E-state index in [4.69, 9.17) is 9.84 Å². The predicted molar refractivity (Wildman–Crippen MR) is 67.2 cm³/mol. The molecule has 0 amide bonds. The van der Waals surface area contributed by atoms with Crippen molar-refractivity contribution in [3.05, 3.63) is 24.3 Å². The third kappa shape index (κ3) is 3.74. The van der Waals surface area contributed by atoms with Crippen LogP contribution >= 0.6 is 0 Å². The van der Waals surface area contributed by atoms with Crippen molar-refractivity contribution in [2.45, 2.75) is 19.8 Å². The Kier molecular flexibility index (Phi) is 5.72. The van der Waals surface area contributed by atoms with Gasteiger partial charge in [0.2, 0.25) is 0 Å². The average molecular weight is 223 g/mol. The van der Waals surface area contributed by atoms with Crippen LogP contribution in [0.1, 0.15) is 19.8 Å². The van der Waals surface area contributed by atoms with Gasteiger partial charge in [-0.05, 0) is 44.0 Å². The van der Waals surface area contributed by atoms with E-state index in [0.29, 0.717) is 0 Å². The molecule has 0 bridgehead atoms. The summed E-state index contributed by atoms with van der Waals surface area (Å²) < 4.78 is 5.13. The molecule has 0 spiro atoms. The van der Waals surface area contributed by atoms with Gasteiger partial charge in [-0.1, -0.05) is 0 Å². The van der Waals surface area contributed by atoms with E-state index in [1.54, 1.807) is 7.11 Å². The van der Waals surface area contributed by atoms with Gasteiger partial charge in [0, 0.05) is 25.4 Å². The lowest BCUT2D eigenvalue weighted by molar-refractivity contribution is 0.285. The minimum Gasteiger partial charge on any atom is -0.497 e. The Morgan fingerprint density at radius 3 is 2.38 bits per heavy atom. The van der Waals surface area contributed by atoms with E-state index in [0.717, 1.165) is 31.7 Å². The molecule has 3 nitrogen and oxygen atoms in total. The van der Waals surface area contributed by atoms with Crippen molar-refractivity contribution < 1.29 is 9.84 Å². The molecule has 3 heteroatoms. The zero-order chi connectivity index (χ0) is 11.8. The van der Waals surface area contributed by atoms with Crippen molar-refractivity contribution >= 4 is 5.69 Å². The molecule has 0 aliphatic heterocycles. The summed E-state index contributed by atoms with van der Waals surface area (Å²) in [4.78, 5) is 2.30. The monoisotopic (exact) mass is 223 g/mol. The standard InChI is InChI=1S/C13H21NO2/c1-3-14(10-4-5-11-15)12-6-8-13(16-2)9-7-12/h6-9,15H,3-5,10-11H2,1-2H3. The molecule has 0 unspecified atom stereocenters. The van der Waals surface area contributed by atoms with Gasteiger partial charge < -0.3 is 14.7 Å². The first-order chi connectivity index (χ1) is 7.81. The highest BCUT2D eigenvalue weighted by atomic mass is 16.5. The van der Waals surface area contributed by atoms with Gasteiger partial charge in [-0.2, -0.15) is 0 Å². The molecule has 0 radical (unpaired) electrons. The lowest BCUT2D eigenvalue weighted by Gasteiger charge is -2.23. The van der Waals surface area contributed by atoms with Gasteiger partial charge in [-0.25, -0.2) is 0 Å². The number of methoxy groups -OCH3 is 1. The molecule has 16 heavy (non-hydrogen) atoms. The fourth-order valence-electron chi connectivity index (χ4n) is 1.68. The minimum absolute atomic E-state index is 0.278. The number of ether oxygens (including phenoxy) is 1. The normalized spacial score (nSPS) is 10.2. The summed E-state index contributed by atoms with van der Waals surface area (Å²) in [5.74, 6) is 0.884. The Balaban J connectivity index is 2.56. The van der Waals surface area contributed by atoms with Crippen molar-refractivity contribution in [1.29, 1.82) is 0 Å². The number of hydrogen-bond donors (Lipinski definition) is 1. The van der Waals surface area contributed by atoms with Crippen molar-refractivity contribution in [3.63, 3.8) is 0 Å². The third-order valence-electron chi connectivity index (χ3n) is 2.66. The molecule has 1 aromatic carbocycles. The first-order valence-electron chi connectivity index (χ1n) is 5.81. The van der Waals surface area contributed by atoms with Crippen LogP contribution in [0.2, 0.25) is 0 Å². The van der Waals surface area contributed by atoms with Gasteiger partial charge in [0.05, 0.1) is 7.11 Å². The topological polar surface area (TPSA) is 32.7 Å². The van der Waals surface area contributed by atoms with Gasteiger partial charge >= 0.3 is 0 Å². The summed E-state index contributed by atoms with van der Waals surface area (Å²) in [6, 6.07) is 8.09. The second kappa shape index (κ2) is 7.12. The number of aliphatic hydroxyl groups is 1. The number of unbranched alkanes of at least 4 members (excludes halogenated alkanes) is 1. The highest BCUT2D eigenvalue weighted by molar-refractivity contribution is 5.48. The van der Waals surface area contributed by atoms with Crippen LogP contribution in [0.3, 0.4) is 0 Å². The second-order valence-electron chi connectivity index (χ2n) is 3.71. The Morgan fingerprint density at radius 1 is 1.19 bits per heavy atom. The Bertz CT molecular complexity index is 284. The molecule has 0 saturated heterocycles. The summed E-state index contributed by atoms with van der Waals surface area (Å²) in [6.07, 6.45) is 1.89. The fraction of sp³-hybridized carbons (Fsp3) is 0.538. The number of anilines is 1. The molecular weight excluding hydrogens is 202 g/mol. The first kappa shape index (κ1) is 12.8. The zero-order valence-corrected chi connectivity index (χ0v) is 10.1. The summed E-state index contributed by atoms with van der Waals surface area (Å²) >= 11 is 0. The molecule has 1 rings (SSSR count). The van der Waals surface area contributed by atoms with Crippen molar-refractivity contribution in [3.8, 4) is 5.75 Å². The summed E-state index contributed by atoms with van der Waals surface area (Å²) in [6.45, 7) is 4.39. The van der Waals surface area contributed by atoms with E-state index in [1.807, 2.05) is 12.1 Å². The van der Waals surface area contributed by atoms with Crippen LogP contribution in [0.5, 0.6) is 5.75 Å². The van der Waals surface area contributed by atoms with Gasteiger partial charge in [0.15, 0.2) is 0 Å². The van der Waals surface area contributed by atoms with Crippen LogP contribution in [0, 0.1) is 0 Å². The molecule has 90 valence electrons. The molecule has 0 atom stereocenters. The summed E-state index contributed by atoms with van der Waals surface area (Å²) in [7, 11) is 1.67. The maximum Gasteiger partial charge on any atom is 0.119 e. The first-order valence-corrected chi connectivity index (χ1v) is 5.81. The molecule has 0 heterocycles. The predicted octanol–water partition coefficient (Wildman–Crippen LogP) is 2.29. The maximum atomic E-state index is 8.76. The molecule has 0 aromatic heterocycles. The zero-order valence-electron chi connectivity index (χ0n) is 10.1. The molecule has 0 aliphatic carbocycles. The van der Waals surface area contributed by atoms with E-state index >= 15 is 0 Å². The molecule has 0 saturated carbocycles. The van der Waals surface area contributed by atoms with Gasteiger partial charge in [0.1, 0.15) is 5.75 Å². The lowest BCUT2D eigenvalue weighted by Crippen LogP contribution is -2.23. The Morgan fingerprint density at radius 2 is 1.88 bits per heavy atom. The van der Waals surface area contributed by atoms with E-state index in [2.05, 4.69) is 24.0 Å². The van der Waals surface area contributed by atoms with E-state index in [-0.39, 0.29) is 6.61 Å². The van der Waals surface area contributed by atoms with Crippen LogP contribution in [0.4, 0.5) is 5.69 Å². The number of benzene rings is 1. The fourth-order valence-corrected chi connectivity index (χ4v) is 1.68. The Labute approximate surface area is 97.7 Å². The minimum atomic E-state index is 0.278. The van der Waals surface area contributed by atoms with Crippen LogP contribution in [-0.2, 0) is 0 Å². The quantitative estimate of drug-likeness (QED) is 0.720. The molecule has 0 fully saturated rings. The van der Waals surface area contributed by atoms with Gasteiger partial charge in [0.25, 0.3) is 0 Å². The number of aliphatic hydroxyl groups excluding tert-OH is 1. The van der Waals surface area contributed by atoms with Crippen molar-refractivity contribution in [2.24, 2.45) is 0 Å². The van der Waals surface area contributed by atoms with Crippen LogP contribution in [0.25, 0.3) is 0 Å². The van der Waals surface area contributed by atoms with Crippen molar-refractivity contribution in [2.75, 3.05) is 31.7 Å². The van der Waals surface area contributed by atoms with E-state index < -0.39 is 0 Å². The van der Waals surface area contributed by atoms with Gasteiger partial charge in [-0.3, -0.25) is 0 Å². The molecular formula is C13H21NO2. The number of hydrogen-bond acceptors (Lipinski definition) is 3. The van der Waals surface area contributed by atoms with E-state index in [9.17, 15) is 0 Å². The highest BCUT2D eigenvalue weighted by Gasteiger charge is 2.03. The second-order valence-corrected chi connectivity index (χ2v) is 3.71. The number of rotatable bonds is 7. The van der Waals surface area contributed by atoms with Crippen LogP contribution < -0.4 is 9.64 Å². The summed E-state index contributed by atoms with van der Waals surface area (Å²) in [5, 5.41) is 8.76. The third-order valence-corrected chi connectivity index (χ3v) is 2.66.